The Kier molecular flexibility index (Phi) is 7.54. The van der Waals surface area contributed by atoms with E-state index in [-0.39, 0.29) is 11.3 Å². The number of anilines is 1. The van der Waals surface area contributed by atoms with Gasteiger partial charge in [-0.2, -0.15) is 4.72 Å². The van der Waals surface area contributed by atoms with Gasteiger partial charge in [-0.05, 0) is 60.5 Å². The fourth-order valence-electron chi connectivity index (χ4n) is 3.40. The average molecular weight is 491 g/mol. The molecule has 1 amide bonds. The van der Waals surface area contributed by atoms with Crippen molar-refractivity contribution in [1.82, 2.24) is 4.72 Å². The summed E-state index contributed by atoms with van der Waals surface area (Å²) in [5.41, 5.74) is 1.16. The quantitative estimate of drug-likeness (QED) is 0.340. The van der Waals surface area contributed by atoms with Gasteiger partial charge in [0, 0.05) is 0 Å². The second kappa shape index (κ2) is 10.9. The summed E-state index contributed by atoms with van der Waals surface area (Å²) in [6.45, 7) is 0. The molecule has 4 aromatic rings. The predicted octanol–water partition coefficient (Wildman–Crippen LogP) is 5.15. The molecule has 0 aliphatic carbocycles. The number of amides is 1. The topological polar surface area (TPSA) is 84.5 Å². The Hall–Kier alpha value is -4.01. The minimum Gasteiger partial charge on any atom is -0.455 e. The molecule has 1 atom stereocenters. The Morgan fingerprint density at radius 2 is 1.40 bits per heavy atom. The first-order valence-electron chi connectivity index (χ1n) is 10.9. The molecule has 0 aliphatic heterocycles. The molecule has 0 saturated carbocycles. The molecule has 35 heavy (non-hydrogen) atoms. The summed E-state index contributed by atoms with van der Waals surface area (Å²) >= 11 is 0. The number of carbonyl (C=O) groups excluding carboxylic acids is 1. The smallest absolute Gasteiger partial charge is 0.243 e. The highest BCUT2D eigenvalue weighted by Gasteiger charge is 2.27. The SMILES string of the molecule is O=C(Nc1ccccc1Oc1ccccc1)C(Cc1ccccc1)NS(=O)(=O)c1ccc(F)cc1. The monoisotopic (exact) mass is 490 g/mol. The van der Waals surface area contributed by atoms with Crippen LogP contribution in [0.25, 0.3) is 0 Å². The van der Waals surface area contributed by atoms with Crippen LogP contribution in [0.1, 0.15) is 5.56 Å². The van der Waals surface area contributed by atoms with E-state index in [1.54, 1.807) is 48.5 Å². The number of nitrogens with one attached hydrogen (secondary N) is 2. The zero-order valence-corrected chi connectivity index (χ0v) is 19.4. The van der Waals surface area contributed by atoms with Crippen molar-refractivity contribution in [1.29, 1.82) is 0 Å². The minimum atomic E-state index is -4.10. The molecule has 0 aliphatic rings. The summed E-state index contributed by atoms with van der Waals surface area (Å²) in [7, 11) is -4.10. The van der Waals surface area contributed by atoms with Gasteiger partial charge in [0.15, 0.2) is 5.75 Å². The van der Waals surface area contributed by atoms with Crippen molar-refractivity contribution < 1.29 is 22.3 Å². The first kappa shape index (κ1) is 24.1. The first-order chi connectivity index (χ1) is 16.9. The third-order valence-corrected chi connectivity index (χ3v) is 6.62. The van der Waals surface area contributed by atoms with Crippen LogP contribution < -0.4 is 14.8 Å². The maximum absolute atomic E-state index is 13.3. The van der Waals surface area contributed by atoms with E-state index in [1.807, 2.05) is 36.4 Å². The Labute approximate surface area is 203 Å². The molecular formula is C27H23FN2O4S. The average Bonchev–Trinajstić information content (AvgIpc) is 2.86. The van der Waals surface area contributed by atoms with Crippen LogP contribution >= 0.6 is 0 Å². The van der Waals surface area contributed by atoms with Gasteiger partial charge in [0.2, 0.25) is 15.9 Å². The van der Waals surface area contributed by atoms with E-state index < -0.39 is 27.8 Å². The summed E-state index contributed by atoms with van der Waals surface area (Å²) in [6, 6.07) is 28.3. The normalized spacial score (nSPS) is 12.0. The lowest BCUT2D eigenvalue weighted by atomic mass is 10.1. The summed E-state index contributed by atoms with van der Waals surface area (Å²) in [4.78, 5) is 13.2. The van der Waals surface area contributed by atoms with Gasteiger partial charge < -0.3 is 10.1 Å². The van der Waals surface area contributed by atoms with Gasteiger partial charge in [0.1, 0.15) is 17.6 Å². The highest BCUT2D eigenvalue weighted by Crippen LogP contribution is 2.29. The molecule has 4 aromatic carbocycles. The number of rotatable bonds is 9. The molecule has 4 rings (SSSR count). The van der Waals surface area contributed by atoms with E-state index in [1.165, 1.54) is 0 Å². The highest BCUT2D eigenvalue weighted by molar-refractivity contribution is 7.89. The van der Waals surface area contributed by atoms with Crippen LogP contribution in [0.3, 0.4) is 0 Å². The fraction of sp³-hybridized carbons (Fsp3) is 0.0741. The van der Waals surface area contributed by atoms with Crippen molar-refractivity contribution in [2.45, 2.75) is 17.4 Å². The zero-order chi connectivity index (χ0) is 24.7. The predicted molar refractivity (Wildman–Crippen MR) is 132 cm³/mol. The Morgan fingerprint density at radius 1 is 0.800 bits per heavy atom. The van der Waals surface area contributed by atoms with E-state index in [0.717, 1.165) is 29.8 Å². The van der Waals surface area contributed by atoms with Gasteiger partial charge in [0.05, 0.1) is 10.6 Å². The van der Waals surface area contributed by atoms with E-state index in [2.05, 4.69) is 10.0 Å². The molecular weight excluding hydrogens is 467 g/mol. The van der Waals surface area contributed by atoms with Crippen molar-refractivity contribution >= 4 is 21.6 Å². The second-order valence-corrected chi connectivity index (χ2v) is 9.43. The summed E-state index contributed by atoms with van der Waals surface area (Å²) in [5.74, 6) is -0.125. The van der Waals surface area contributed by atoms with Crippen LogP contribution in [-0.4, -0.2) is 20.4 Å². The summed E-state index contributed by atoms with van der Waals surface area (Å²) < 4.78 is 47.6. The van der Waals surface area contributed by atoms with Crippen molar-refractivity contribution in [3.05, 3.63) is 121 Å². The number of carbonyl (C=O) groups is 1. The molecule has 178 valence electrons. The summed E-state index contributed by atoms with van der Waals surface area (Å²) in [5, 5.41) is 2.78. The van der Waals surface area contributed by atoms with Crippen LogP contribution in [0.4, 0.5) is 10.1 Å². The molecule has 0 fully saturated rings. The molecule has 1 unspecified atom stereocenters. The molecule has 2 N–H and O–H groups in total. The standard InChI is InChI=1S/C27H23FN2O4S/c28-21-15-17-23(18-16-21)35(32,33)30-25(19-20-9-3-1-4-10-20)27(31)29-24-13-7-8-14-26(24)34-22-11-5-2-6-12-22/h1-18,25,30H,19H2,(H,29,31). The summed E-state index contributed by atoms with van der Waals surface area (Å²) in [6.07, 6.45) is 0.106. The van der Waals surface area contributed by atoms with Crippen LogP contribution in [0.2, 0.25) is 0 Å². The first-order valence-corrected chi connectivity index (χ1v) is 12.3. The highest BCUT2D eigenvalue weighted by atomic mass is 32.2. The van der Waals surface area contributed by atoms with Gasteiger partial charge in [-0.15, -0.1) is 0 Å². The van der Waals surface area contributed by atoms with Crippen molar-refractivity contribution in [2.24, 2.45) is 0 Å². The van der Waals surface area contributed by atoms with Crippen molar-refractivity contribution in [3.8, 4) is 11.5 Å². The molecule has 0 spiro atoms. The molecule has 0 bridgehead atoms. The lowest BCUT2D eigenvalue weighted by Gasteiger charge is -2.20. The molecule has 8 heteroatoms. The van der Waals surface area contributed by atoms with E-state index >= 15 is 0 Å². The second-order valence-electron chi connectivity index (χ2n) is 7.72. The maximum atomic E-state index is 13.3. The molecule has 0 heterocycles. The largest absolute Gasteiger partial charge is 0.455 e. The number of benzene rings is 4. The number of ether oxygens (including phenoxy) is 1. The number of sulfonamides is 1. The lowest BCUT2D eigenvalue weighted by Crippen LogP contribution is -2.45. The maximum Gasteiger partial charge on any atom is 0.243 e. The van der Waals surface area contributed by atoms with Gasteiger partial charge in [-0.3, -0.25) is 4.79 Å². The molecule has 0 radical (unpaired) electrons. The Balaban J connectivity index is 1.59. The Bertz CT molecular complexity index is 1380. The van der Waals surface area contributed by atoms with E-state index in [9.17, 15) is 17.6 Å². The van der Waals surface area contributed by atoms with Crippen molar-refractivity contribution in [3.63, 3.8) is 0 Å². The van der Waals surface area contributed by atoms with Crippen LogP contribution in [0.15, 0.2) is 114 Å². The van der Waals surface area contributed by atoms with E-state index in [4.69, 9.17) is 4.74 Å². The number of hydrogen-bond acceptors (Lipinski definition) is 4. The van der Waals surface area contributed by atoms with Gasteiger partial charge in [-0.1, -0.05) is 60.7 Å². The molecule has 0 saturated heterocycles. The zero-order valence-electron chi connectivity index (χ0n) is 18.6. The Morgan fingerprint density at radius 3 is 2.09 bits per heavy atom. The minimum absolute atomic E-state index is 0.106. The third-order valence-electron chi connectivity index (χ3n) is 5.14. The lowest BCUT2D eigenvalue weighted by molar-refractivity contribution is -0.117. The number of para-hydroxylation sites is 3. The van der Waals surface area contributed by atoms with E-state index in [0.29, 0.717) is 17.2 Å². The van der Waals surface area contributed by atoms with Crippen LogP contribution in [0, 0.1) is 5.82 Å². The molecule has 6 nitrogen and oxygen atoms in total. The van der Waals surface area contributed by atoms with Gasteiger partial charge >= 0.3 is 0 Å². The van der Waals surface area contributed by atoms with Crippen LogP contribution in [0.5, 0.6) is 11.5 Å². The fourth-order valence-corrected chi connectivity index (χ4v) is 4.60. The van der Waals surface area contributed by atoms with Crippen molar-refractivity contribution in [2.75, 3.05) is 5.32 Å². The number of hydrogen-bond donors (Lipinski definition) is 2. The van der Waals surface area contributed by atoms with Crippen LogP contribution in [-0.2, 0) is 21.2 Å². The van der Waals surface area contributed by atoms with Gasteiger partial charge in [0.25, 0.3) is 0 Å². The number of halogens is 1. The third kappa shape index (κ3) is 6.53. The van der Waals surface area contributed by atoms with Gasteiger partial charge in [-0.25, -0.2) is 12.8 Å². The molecule has 0 aromatic heterocycles.